The Morgan fingerprint density at radius 1 is 1.37 bits per heavy atom. The maximum Gasteiger partial charge on any atom is 0.255 e. The molecular formula is C13H14N4O2. The van der Waals surface area contributed by atoms with Crippen LogP contribution >= 0.6 is 0 Å². The fourth-order valence-electron chi connectivity index (χ4n) is 2.02. The summed E-state index contributed by atoms with van der Waals surface area (Å²) in [5.41, 5.74) is 0.924. The number of rotatable bonds is 3. The molecule has 1 aromatic heterocycles. The molecule has 3 rings (SSSR count). The van der Waals surface area contributed by atoms with Crippen LogP contribution in [-0.4, -0.2) is 33.8 Å². The van der Waals surface area contributed by atoms with Crippen molar-refractivity contribution >= 4 is 11.9 Å². The summed E-state index contributed by atoms with van der Waals surface area (Å²) >= 11 is 0. The lowest BCUT2D eigenvalue weighted by atomic mass is 10.2. The number of carbonyl (C=O) groups excluding carboxylic acids is 1. The molecule has 98 valence electrons. The van der Waals surface area contributed by atoms with Gasteiger partial charge >= 0.3 is 0 Å². The Bertz CT molecular complexity index is 561. The van der Waals surface area contributed by atoms with Gasteiger partial charge in [0.05, 0.1) is 0 Å². The van der Waals surface area contributed by atoms with E-state index in [1.165, 1.54) is 0 Å². The Hall–Kier alpha value is -2.21. The maximum atomic E-state index is 11.8. The number of carbonyl (C=O) groups is 1. The van der Waals surface area contributed by atoms with Crippen LogP contribution in [0.25, 0.3) is 11.4 Å². The van der Waals surface area contributed by atoms with Crippen molar-refractivity contribution in [2.75, 3.05) is 11.9 Å². The minimum Gasteiger partial charge on any atom is -0.368 e. The van der Waals surface area contributed by atoms with E-state index in [4.69, 9.17) is 4.74 Å². The van der Waals surface area contributed by atoms with Crippen LogP contribution in [0.1, 0.15) is 12.8 Å². The third-order valence-corrected chi connectivity index (χ3v) is 2.99. The number of ether oxygens (including phenoxy) is 1. The average molecular weight is 258 g/mol. The monoisotopic (exact) mass is 258 g/mol. The lowest BCUT2D eigenvalue weighted by molar-refractivity contribution is -0.124. The van der Waals surface area contributed by atoms with Gasteiger partial charge < -0.3 is 4.74 Å². The molecule has 1 aromatic carbocycles. The molecule has 1 atom stereocenters. The number of benzene rings is 1. The van der Waals surface area contributed by atoms with E-state index in [1.54, 1.807) is 0 Å². The van der Waals surface area contributed by atoms with Crippen LogP contribution in [-0.2, 0) is 9.53 Å². The molecule has 1 aliphatic rings. The Kier molecular flexibility index (Phi) is 3.24. The van der Waals surface area contributed by atoms with Crippen molar-refractivity contribution in [2.45, 2.75) is 18.9 Å². The van der Waals surface area contributed by atoms with Crippen molar-refractivity contribution in [3.8, 4) is 11.4 Å². The van der Waals surface area contributed by atoms with E-state index in [9.17, 15) is 4.79 Å². The van der Waals surface area contributed by atoms with Crippen molar-refractivity contribution in [3.05, 3.63) is 30.3 Å². The molecule has 0 unspecified atom stereocenters. The summed E-state index contributed by atoms with van der Waals surface area (Å²) in [6, 6.07) is 9.61. The van der Waals surface area contributed by atoms with Gasteiger partial charge in [-0.05, 0) is 12.8 Å². The van der Waals surface area contributed by atoms with Gasteiger partial charge in [-0.2, -0.15) is 4.98 Å². The largest absolute Gasteiger partial charge is 0.368 e. The molecule has 2 heterocycles. The van der Waals surface area contributed by atoms with Crippen LogP contribution in [0.5, 0.6) is 0 Å². The van der Waals surface area contributed by atoms with Crippen molar-refractivity contribution in [1.29, 1.82) is 0 Å². The zero-order valence-electron chi connectivity index (χ0n) is 10.3. The molecule has 0 radical (unpaired) electrons. The van der Waals surface area contributed by atoms with E-state index in [1.807, 2.05) is 30.3 Å². The predicted molar refractivity (Wildman–Crippen MR) is 69.4 cm³/mol. The lowest BCUT2D eigenvalue weighted by Gasteiger charge is -2.06. The Labute approximate surface area is 110 Å². The molecule has 6 heteroatoms. The molecule has 0 spiro atoms. The molecule has 2 N–H and O–H groups in total. The summed E-state index contributed by atoms with van der Waals surface area (Å²) < 4.78 is 5.30. The molecule has 0 bridgehead atoms. The van der Waals surface area contributed by atoms with Gasteiger partial charge in [-0.15, -0.1) is 5.10 Å². The van der Waals surface area contributed by atoms with Crippen molar-refractivity contribution in [2.24, 2.45) is 0 Å². The summed E-state index contributed by atoms with van der Waals surface area (Å²) in [5, 5.41) is 9.44. The van der Waals surface area contributed by atoms with Crippen LogP contribution in [0.3, 0.4) is 0 Å². The number of hydrogen-bond donors (Lipinski definition) is 2. The number of amides is 1. The predicted octanol–water partition coefficient (Wildman–Crippen LogP) is 1.59. The summed E-state index contributed by atoms with van der Waals surface area (Å²) in [6.45, 7) is 0.640. The number of aromatic nitrogens is 3. The summed E-state index contributed by atoms with van der Waals surface area (Å²) in [5.74, 6) is 0.721. The van der Waals surface area contributed by atoms with Crippen LogP contribution in [0.15, 0.2) is 30.3 Å². The highest BCUT2D eigenvalue weighted by molar-refractivity contribution is 5.92. The van der Waals surface area contributed by atoms with Crippen LogP contribution < -0.4 is 5.32 Å². The van der Waals surface area contributed by atoms with E-state index in [-0.39, 0.29) is 18.0 Å². The number of nitrogens with zero attached hydrogens (tertiary/aromatic N) is 2. The minimum atomic E-state index is -0.376. The highest BCUT2D eigenvalue weighted by Crippen LogP contribution is 2.16. The normalized spacial score (nSPS) is 18.4. The molecule has 19 heavy (non-hydrogen) atoms. The third kappa shape index (κ3) is 2.63. The van der Waals surface area contributed by atoms with Crippen LogP contribution in [0.2, 0.25) is 0 Å². The zero-order chi connectivity index (χ0) is 13.1. The summed E-state index contributed by atoms with van der Waals surface area (Å²) in [6.07, 6.45) is 1.29. The molecule has 0 aliphatic carbocycles. The Balaban J connectivity index is 1.70. The van der Waals surface area contributed by atoms with E-state index in [0.29, 0.717) is 12.4 Å². The molecule has 6 nitrogen and oxygen atoms in total. The molecule has 1 amide bonds. The first-order valence-corrected chi connectivity index (χ1v) is 6.23. The Morgan fingerprint density at radius 3 is 2.95 bits per heavy atom. The number of nitrogens with one attached hydrogen (secondary N) is 2. The minimum absolute atomic E-state index is 0.184. The zero-order valence-corrected chi connectivity index (χ0v) is 10.3. The van der Waals surface area contributed by atoms with E-state index in [0.717, 1.165) is 18.4 Å². The molecule has 2 aromatic rings. The number of hydrogen-bond acceptors (Lipinski definition) is 4. The second-order valence-corrected chi connectivity index (χ2v) is 4.36. The lowest BCUT2D eigenvalue weighted by Crippen LogP contribution is -2.27. The summed E-state index contributed by atoms with van der Waals surface area (Å²) in [4.78, 5) is 16.1. The molecule has 1 aliphatic heterocycles. The highest BCUT2D eigenvalue weighted by Gasteiger charge is 2.24. The fraction of sp³-hybridized carbons (Fsp3) is 0.308. The topological polar surface area (TPSA) is 79.9 Å². The second-order valence-electron chi connectivity index (χ2n) is 4.36. The molecule has 0 saturated carbocycles. The van der Waals surface area contributed by atoms with Gasteiger partial charge in [-0.1, -0.05) is 30.3 Å². The van der Waals surface area contributed by atoms with Gasteiger partial charge in [0.1, 0.15) is 6.10 Å². The smallest absolute Gasteiger partial charge is 0.255 e. The van der Waals surface area contributed by atoms with E-state index >= 15 is 0 Å². The second kappa shape index (κ2) is 5.19. The fourth-order valence-corrected chi connectivity index (χ4v) is 2.02. The van der Waals surface area contributed by atoms with Crippen LogP contribution in [0, 0.1) is 0 Å². The highest BCUT2D eigenvalue weighted by atomic mass is 16.5. The first kappa shape index (κ1) is 11.9. The van der Waals surface area contributed by atoms with Crippen molar-refractivity contribution in [1.82, 2.24) is 15.2 Å². The standard InChI is InChI=1S/C13H14N4O2/c18-12(10-7-4-8-19-10)15-13-14-11(16-17-13)9-5-2-1-3-6-9/h1-3,5-6,10H,4,7-8H2,(H2,14,15,16,17,18)/t10-/m1/s1. The van der Waals surface area contributed by atoms with Crippen molar-refractivity contribution < 1.29 is 9.53 Å². The van der Waals surface area contributed by atoms with Gasteiger partial charge in [0, 0.05) is 12.2 Å². The van der Waals surface area contributed by atoms with E-state index in [2.05, 4.69) is 20.5 Å². The van der Waals surface area contributed by atoms with Gasteiger partial charge in [-0.3, -0.25) is 15.2 Å². The molecule has 1 fully saturated rings. The SMILES string of the molecule is O=C(Nc1n[nH]c(-c2ccccc2)n1)[C@H]1CCCO1. The number of H-pyrrole nitrogens is 1. The third-order valence-electron chi connectivity index (χ3n) is 2.99. The summed E-state index contributed by atoms with van der Waals surface area (Å²) in [7, 11) is 0. The Morgan fingerprint density at radius 2 is 2.21 bits per heavy atom. The number of aromatic amines is 1. The van der Waals surface area contributed by atoms with Crippen molar-refractivity contribution in [3.63, 3.8) is 0 Å². The molecular weight excluding hydrogens is 244 g/mol. The van der Waals surface area contributed by atoms with Gasteiger partial charge in [0.25, 0.3) is 5.91 Å². The molecule has 1 saturated heterocycles. The average Bonchev–Trinajstić information content (AvgIpc) is 3.11. The first-order valence-electron chi connectivity index (χ1n) is 6.23. The quantitative estimate of drug-likeness (QED) is 0.876. The van der Waals surface area contributed by atoms with Crippen LogP contribution in [0.4, 0.5) is 5.95 Å². The maximum absolute atomic E-state index is 11.8. The van der Waals surface area contributed by atoms with Gasteiger partial charge in [0.2, 0.25) is 5.95 Å². The van der Waals surface area contributed by atoms with Gasteiger partial charge in [0.15, 0.2) is 5.82 Å². The number of anilines is 1. The van der Waals surface area contributed by atoms with Gasteiger partial charge in [-0.25, -0.2) is 0 Å². The first-order chi connectivity index (χ1) is 9.33. The van der Waals surface area contributed by atoms with E-state index < -0.39 is 0 Å².